The predicted octanol–water partition coefficient (Wildman–Crippen LogP) is 6.98. The third-order valence-electron chi connectivity index (χ3n) is 6.40. The van der Waals surface area contributed by atoms with Crippen molar-refractivity contribution in [2.75, 3.05) is 6.79 Å². The third-order valence-corrected chi connectivity index (χ3v) is 6.40. The van der Waals surface area contributed by atoms with E-state index in [1.807, 2.05) is 97.1 Å². The molecule has 0 atom stereocenters. The molecule has 0 fully saturated rings. The average molecular weight is 535 g/mol. The Hall–Kier alpha value is -6.12. The number of nitrogens with zero attached hydrogens (tertiary/aromatic N) is 4. The van der Waals surface area contributed by atoms with E-state index in [1.165, 1.54) is 0 Å². The lowest BCUT2D eigenvalue weighted by molar-refractivity contribution is 0.119. The van der Waals surface area contributed by atoms with Crippen molar-refractivity contribution in [1.82, 2.24) is 19.9 Å². The minimum Gasteiger partial charge on any atom is -0.457 e. The summed E-state index contributed by atoms with van der Waals surface area (Å²) in [7, 11) is 0. The van der Waals surface area contributed by atoms with Crippen molar-refractivity contribution >= 4 is 45.4 Å². The average Bonchev–Trinajstić information content (AvgIpc) is 3.64. The molecule has 8 heteroatoms. The van der Waals surface area contributed by atoms with Crippen LogP contribution in [0, 0.1) is 22.7 Å². The number of nitrogens with one attached hydrogen (secondary N) is 2. The first-order valence-corrected chi connectivity index (χ1v) is 12.8. The second-order valence-corrected chi connectivity index (χ2v) is 9.03. The SMILES string of the molecule is N#C/C(=C/c1ccccc1OCOc1ccccc1/C=C(\C#N)c1nc2ccccc2[nH]1)c1nc2ccccc2[nH]1. The summed E-state index contributed by atoms with van der Waals surface area (Å²) in [5.41, 5.74) is 5.45. The van der Waals surface area contributed by atoms with Gasteiger partial charge < -0.3 is 19.4 Å². The quantitative estimate of drug-likeness (QED) is 0.160. The zero-order chi connectivity index (χ0) is 28.0. The number of para-hydroxylation sites is 6. The number of ether oxygens (including phenoxy) is 2. The van der Waals surface area contributed by atoms with Crippen LogP contribution in [0.2, 0.25) is 0 Å². The van der Waals surface area contributed by atoms with Crippen LogP contribution in [0.15, 0.2) is 97.1 Å². The van der Waals surface area contributed by atoms with E-state index in [9.17, 15) is 10.5 Å². The number of hydrogen-bond acceptors (Lipinski definition) is 6. The van der Waals surface area contributed by atoms with Gasteiger partial charge in [0.05, 0.1) is 33.2 Å². The van der Waals surface area contributed by atoms with E-state index in [2.05, 4.69) is 32.1 Å². The number of fused-ring (bicyclic) bond motifs is 2. The Labute approximate surface area is 235 Å². The number of hydrogen-bond donors (Lipinski definition) is 2. The van der Waals surface area contributed by atoms with Crippen LogP contribution in [-0.2, 0) is 0 Å². The maximum Gasteiger partial charge on any atom is 0.230 e. The summed E-state index contributed by atoms with van der Waals surface area (Å²) in [6.45, 7) is -0.0885. The van der Waals surface area contributed by atoms with E-state index < -0.39 is 0 Å². The molecule has 8 nitrogen and oxygen atoms in total. The molecule has 41 heavy (non-hydrogen) atoms. The number of aromatic nitrogens is 4. The molecule has 0 radical (unpaired) electrons. The van der Waals surface area contributed by atoms with Crippen molar-refractivity contribution in [3.05, 3.63) is 120 Å². The fourth-order valence-corrected chi connectivity index (χ4v) is 4.40. The van der Waals surface area contributed by atoms with Gasteiger partial charge in [0.2, 0.25) is 6.79 Å². The smallest absolute Gasteiger partial charge is 0.230 e. The summed E-state index contributed by atoms with van der Waals surface area (Å²) in [6, 6.07) is 34.5. The monoisotopic (exact) mass is 534 g/mol. The molecule has 196 valence electrons. The van der Waals surface area contributed by atoms with Gasteiger partial charge in [0.1, 0.15) is 35.3 Å². The van der Waals surface area contributed by atoms with Crippen molar-refractivity contribution in [1.29, 1.82) is 10.5 Å². The molecule has 0 saturated carbocycles. The maximum atomic E-state index is 9.85. The zero-order valence-electron chi connectivity index (χ0n) is 21.7. The first-order valence-electron chi connectivity index (χ1n) is 12.8. The van der Waals surface area contributed by atoms with Crippen molar-refractivity contribution in [2.45, 2.75) is 0 Å². The van der Waals surface area contributed by atoms with E-state index in [-0.39, 0.29) is 6.79 Å². The van der Waals surface area contributed by atoms with Crippen LogP contribution in [0.4, 0.5) is 0 Å². The van der Waals surface area contributed by atoms with Gasteiger partial charge in [0.25, 0.3) is 0 Å². The summed E-state index contributed by atoms with van der Waals surface area (Å²) in [5.74, 6) is 2.06. The highest BCUT2D eigenvalue weighted by Crippen LogP contribution is 2.27. The van der Waals surface area contributed by atoms with Gasteiger partial charge in [0, 0.05) is 11.1 Å². The molecule has 4 aromatic carbocycles. The number of aromatic amines is 2. The summed E-state index contributed by atoms with van der Waals surface area (Å²) >= 11 is 0. The van der Waals surface area contributed by atoms with Crippen LogP contribution < -0.4 is 9.47 Å². The first-order chi connectivity index (χ1) is 20.2. The predicted molar refractivity (Wildman–Crippen MR) is 158 cm³/mol. The molecule has 6 rings (SSSR count). The lowest BCUT2D eigenvalue weighted by Gasteiger charge is -2.12. The molecule has 0 bridgehead atoms. The van der Waals surface area contributed by atoms with Crippen LogP contribution in [0.3, 0.4) is 0 Å². The molecule has 0 saturated heterocycles. The van der Waals surface area contributed by atoms with Gasteiger partial charge in [-0.3, -0.25) is 0 Å². The Bertz CT molecular complexity index is 1810. The van der Waals surface area contributed by atoms with Crippen molar-refractivity contribution in [2.24, 2.45) is 0 Å². The van der Waals surface area contributed by atoms with Crippen molar-refractivity contribution < 1.29 is 9.47 Å². The first kappa shape index (κ1) is 25.2. The molecule has 0 aliphatic rings. The van der Waals surface area contributed by atoms with E-state index in [0.717, 1.165) is 22.1 Å². The van der Waals surface area contributed by atoms with Gasteiger partial charge in [-0.25, -0.2) is 9.97 Å². The fourth-order valence-electron chi connectivity index (χ4n) is 4.40. The minimum absolute atomic E-state index is 0.0885. The van der Waals surface area contributed by atoms with Crippen LogP contribution in [0.25, 0.3) is 45.4 Å². The highest BCUT2D eigenvalue weighted by molar-refractivity contribution is 5.92. The summed E-state index contributed by atoms with van der Waals surface area (Å²) in [6.07, 6.45) is 3.46. The van der Waals surface area contributed by atoms with Gasteiger partial charge in [-0.2, -0.15) is 10.5 Å². The van der Waals surface area contributed by atoms with E-state index in [4.69, 9.17) is 9.47 Å². The van der Waals surface area contributed by atoms with Gasteiger partial charge in [0.15, 0.2) is 0 Å². The van der Waals surface area contributed by atoms with E-state index in [0.29, 0.717) is 45.4 Å². The number of benzene rings is 4. The molecule has 2 aromatic heterocycles. The second-order valence-electron chi connectivity index (χ2n) is 9.03. The summed E-state index contributed by atoms with van der Waals surface area (Å²) in [4.78, 5) is 15.5. The molecule has 0 aliphatic heterocycles. The molecular formula is C33H22N6O2. The normalized spacial score (nSPS) is 11.8. The standard InChI is InChI=1S/C33H22N6O2/c34-19-24(32-36-26-11-3-4-12-27(26)37-32)17-22-9-1-7-15-30(22)40-21-41-31-16-8-2-10-23(31)18-25(20-35)33-38-28-13-5-6-14-29(28)39-33/h1-18H,21H2,(H,36,37)(H,38,39)/b24-17-,25-18+. The van der Waals surface area contributed by atoms with Crippen molar-refractivity contribution in [3.63, 3.8) is 0 Å². The maximum absolute atomic E-state index is 9.85. The number of imidazole rings is 2. The van der Waals surface area contributed by atoms with Gasteiger partial charge in [-0.1, -0.05) is 60.7 Å². The van der Waals surface area contributed by atoms with Crippen LogP contribution in [0.1, 0.15) is 22.8 Å². The number of nitriles is 2. The highest BCUT2D eigenvalue weighted by atomic mass is 16.7. The van der Waals surface area contributed by atoms with E-state index in [1.54, 1.807) is 12.2 Å². The Balaban J connectivity index is 1.21. The van der Waals surface area contributed by atoms with Crippen LogP contribution in [0.5, 0.6) is 11.5 Å². The zero-order valence-corrected chi connectivity index (χ0v) is 21.7. The third kappa shape index (κ3) is 5.40. The Morgan fingerprint density at radius 3 is 1.46 bits per heavy atom. The largest absolute Gasteiger partial charge is 0.457 e. The fraction of sp³-hybridized carbons (Fsp3) is 0.0303. The molecule has 6 aromatic rings. The Morgan fingerprint density at radius 1 is 0.610 bits per heavy atom. The second kappa shape index (κ2) is 11.3. The molecule has 0 unspecified atom stereocenters. The molecule has 0 spiro atoms. The topological polar surface area (TPSA) is 123 Å². The van der Waals surface area contributed by atoms with Crippen LogP contribution in [-0.4, -0.2) is 26.7 Å². The Morgan fingerprint density at radius 2 is 1.02 bits per heavy atom. The molecule has 2 heterocycles. The Kier molecular flexibility index (Phi) is 6.95. The lowest BCUT2D eigenvalue weighted by atomic mass is 10.1. The number of H-pyrrole nitrogens is 2. The van der Waals surface area contributed by atoms with Gasteiger partial charge >= 0.3 is 0 Å². The number of rotatable bonds is 8. The van der Waals surface area contributed by atoms with Crippen molar-refractivity contribution in [3.8, 4) is 23.6 Å². The number of allylic oxidation sites excluding steroid dienone is 2. The van der Waals surface area contributed by atoms with Gasteiger partial charge in [-0.05, 0) is 48.6 Å². The molecule has 0 amide bonds. The molecule has 2 N–H and O–H groups in total. The van der Waals surface area contributed by atoms with Gasteiger partial charge in [-0.15, -0.1) is 0 Å². The summed E-state index contributed by atoms with van der Waals surface area (Å²) < 4.78 is 12.0. The van der Waals surface area contributed by atoms with Crippen LogP contribution >= 0.6 is 0 Å². The molecule has 0 aliphatic carbocycles. The lowest BCUT2D eigenvalue weighted by Crippen LogP contribution is -2.07. The van der Waals surface area contributed by atoms with E-state index >= 15 is 0 Å². The highest BCUT2D eigenvalue weighted by Gasteiger charge is 2.12. The summed E-state index contributed by atoms with van der Waals surface area (Å²) in [5, 5.41) is 19.7. The molecular weight excluding hydrogens is 512 g/mol. The minimum atomic E-state index is -0.0885.